The molecule has 0 aliphatic heterocycles. The number of hydrogen-bond donors (Lipinski definition) is 2. The zero-order valence-electron chi connectivity index (χ0n) is 15.6. The maximum absolute atomic E-state index is 12.8. The number of thiophene rings is 2. The molecule has 0 radical (unpaired) electrons. The van der Waals surface area contributed by atoms with Crippen molar-refractivity contribution in [2.45, 2.75) is 26.4 Å². The lowest BCUT2D eigenvalue weighted by atomic mass is 10.1. The van der Waals surface area contributed by atoms with Gasteiger partial charge in [0.2, 0.25) is 0 Å². The van der Waals surface area contributed by atoms with Gasteiger partial charge in [0.05, 0.1) is 12.4 Å². The van der Waals surface area contributed by atoms with Gasteiger partial charge in [0.15, 0.2) is 5.82 Å². The quantitative estimate of drug-likeness (QED) is 0.539. The van der Waals surface area contributed by atoms with Gasteiger partial charge < -0.3 is 9.88 Å². The average molecular weight is 397 g/mol. The summed E-state index contributed by atoms with van der Waals surface area (Å²) in [6.07, 6.45) is 0. The fourth-order valence-corrected chi connectivity index (χ4v) is 5.05. The number of nitrogens with one attached hydrogen (secondary N) is 2. The number of benzene rings is 1. The van der Waals surface area contributed by atoms with Gasteiger partial charge in [-0.1, -0.05) is 30.3 Å². The molecule has 27 heavy (non-hydrogen) atoms. The van der Waals surface area contributed by atoms with E-state index in [1.807, 2.05) is 22.9 Å². The fraction of sp³-hybridized carbons (Fsp3) is 0.238. The Bertz CT molecular complexity index is 1130. The molecule has 6 heteroatoms. The number of fused-ring (bicyclic) bond motifs is 1. The molecule has 0 aliphatic carbocycles. The zero-order chi connectivity index (χ0) is 19.0. The minimum atomic E-state index is -0.0461. The SMILES string of the molecule is Cc1ccccc1C[NH+](C)[C@@H](C)c1nc2scc(-c3cccs3)c2c(=O)[nH]1. The maximum Gasteiger partial charge on any atom is 0.260 e. The van der Waals surface area contributed by atoms with E-state index < -0.39 is 0 Å². The second-order valence-electron chi connectivity index (χ2n) is 6.93. The van der Waals surface area contributed by atoms with Crippen LogP contribution in [0.15, 0.2) is 52.0 Å². The normalized spacial score (nSPS) is 13.7. The van der Waals surface area contributed by atoms with Gasteiger partial charge in [0.25, 0.3) is 5.56 Å². The van der Waals surface area contributed by atoms with E-state index in [2.05, 4.69) is 50.1 Å². The molecule has 1 unspecified atom stereocenters. The number of aryl methyl sites for hydroxylation is 1. The molecule has 0 fully saturated rings. The lowest BCUT2D eigenvalue weighted by molar-refractivity contribution is -0.924. The number of nitrogens with zero attached hydrogens (tertiary/aromatic N) is 1. The number of aromatic nitrogens is 2. The predicted molar refractivity (Wildman–Crippen MR) is 114 cm³/mol. The van der Waals surface area contributed by atoms with Gasteiger partial charge in [0.1, 0.15) is 17.4 Å². The van der Waals surface area contributed by atoms with Gasteiger partial charge in [0, 0.05) is 21.4 Å². The molecule has 2 N–H and O–H groups in total. The summed E-state index contributed by atoms with van der Waals surface area (Å²) >= 11 is 3.19. The van der Waals surface area contributed by atoms with Gasteiger partial charge in [-0.2, -0.15) is 0 Å². The summed E-state index contributed by atoms with van der Waals surface area (Å²) in [7, 11) is 2.15. The third-order valence-corrected chi connectivity index (χ3v) is 6.90. The first-order valence-corrected chi connectivity index (χ1v) is 10.7. The Labute approximate surface area is 166 Å². The van der Waals surface area contributed by atoms with Crippen LogP contribution in [0.3, 0.4) is 0 Å². The molecule has 4 rings (SSSR count). The smallest absolute Gasteiger partial charge is 0.260 e. The van der Waals surface area contributed by atoms with E-state index in [9.17, 15) is 4.79 Å². The van der Waals surface area contributed by atoms with Crippen molar-refractivity contribution >= 4 is 32.9 Å². The Morgan fingerprint density at radius 1 is 1.19 bits per heavy atom. The highest BCUT2D eigenvalue weighted by molar-refractivity contribution is 7.18. The van der Waals surface area contributed by atoms with Crippen LogP contribution >= 0.6 is 22.7 Å². The largest absolute Gasteiger partial charge is 0.325 e. The molecule has 0 bridgehead atoms. The average Bonchev–Trinajstić information content (AvgIpc) is 3.32. The minimum Gasteiger partial charge on any atom is -0.325 e. The second kappa shape index (κ2) is 7.38. The third-order valence-electron chi connectivity index (χ3n) is 5.13. The maximum atomic E-state index is 12.8. The van der Waals surface area contributed by atoms with Crippen molar-refractivity contribution in [3.63, 3.8) is 0 Å². The number of rotatable bonds is 5. The minimum absolute atomic E-state index is 0.0461. The van der Waals surface area contributed by atoms with Crippen LogP contribution in [-0.2, 0) is 6.54 Å². The van der Waals surface area contributed by atoms with Crippen molar-refractivity contribution in [3.05, 3.63) is 74.5 Å². The Morgan fingerprint density at radius 2 is 2.00 bits per heavy atom. The summed E-state index contributed by atoms with van der Waals surface area (Å²) in [5.74, 6) is 0.748. The van der Waals surface area contributed by atoms with Crippen molar-refractivity contribution in [3.8, 4) is 10.4 Å². The molecular formula is C21H22N3OS2+. The van der Waals surface area contributed by atoms with E-state index in [4.69, 9.17) is 4.98 Å². The molecule has 0 spiro atoms. The molecule has 0 saturated heterocycles. The van der Waals surface area contributed by atoms with Crippen LogP contribution in [0.4, 0.5) is 0 Å². The monoisotopic (exact) mass is 396 g/mol. The molecule has 3 heterocycles. The highest BCUT2D eigenvalue weighted by atomic mass is 32.1. The van der Waals surface area contributed by atoms with Crippen molar-refractivity contribution < 1.29 is 4.90 Å². The van der Waals surface area contributed by atoms with E-state index in [0.29, 0.717) is 5.39 Å². The Balaban J connectivity index is 1.66. The summed E-state index contributed by atoms with van der Waals surface area (Å²) < 4.78 is 0. The van der Waals surface area contributed by atoms with Crippen molar-refractivity contribution in [1.82, 2.24) is 9.97 Å². The molecule has 138 valence electrons. The van der Waals surface area contributed by atoms with Gasteiger partial charge >= 0.3 is 0 Å². The van der Waals surface area contributed by atoms with Crippen molar-refractivity contribution in [2.75, 3.05) is 7.05 Å². The molecular weight excluding hydrogens is 374 g/mol. The van der Waals surface area contributed by atoms with Crippen LogP contribution in [0.2, 0.25) is 0 Å². The third kappa shape index (κ3) is 3.48. The molecule has 4 aromatic rings. The highest BCUT2D eigenvalue weighted by Gasteiger charge is 2.21. The van der Waals surface area contributed by atoms with Gasteiger partial charge in [-0.3, -0.25) is 4.79 Å². The summed E-state index contributed by atoms with van der Waals surface area (Å²) in [5.41, 5.74) is 3.55. The molecule has 0 saturated carbocycles. The van der Waals surface area contributed by atoms with Gasteiger partial charge in [-0.25, -0.2) is 4.98 Å². The Hall–Kier alpha value is -2.28. The molecule has 0 aliphatic rings. The summed E-state index contributed by atoms with van der Waals surface area (Å²) in [4.78, 5) is 23.9. The van der Waals surface area contributed by atoms with Crippen molar-refractivity contribution in [1.29, 1.82) is 0 Å². The highest BCUT2D eigenvalue weighted by Crippen LogP contribution is 2.33. The van der Waals surface area contributed by atoms with Crippen LogP contribution in [0.5, 0.6) is 0 Å². The van der Waals surface area contributed by atoms with E-state index in [-0.39, 0.29) is 11.6 Å². The first kappa shape index (κ1) is 18.1. The fourth-order valence-electron chi connectivity index (χ4n) is 3.28. The Morgan fingerprint density at radius 3 is 2.74 bits per heavy atom. The van der Waals surface area contributed by atoms with Crippen molar-refractivity contribution in [2.24, 2.45) is 0 Å². The summed E-state index contributed by atoms with van der Waals surface area (Å²) in [5, 5.41) is 4.77. The van der Waals surface area contributed by atoms with Crippen LogP contribution in [-0.4, -0.2) is 17.0 Å². The first-order valence-electron chi connectivity index (χ1n) is 8.96. The van der Waals surface area contributed by atoms with E-state index in [0.717, 1.165) is 27.6 Å². The molecule has 1 aromatic carbocycles. The van der Waals surface area contributed by atoms with E-state index in [1.54, 1.807) is 22.7 Å². The van der Waals surface area contributed by atoms with Gasteiger partial charge in [-0.05, 0) is 30.9 Å². The Kier molecular flexibility index (Phi) is 4.95. The lowest BCUT2D eigenvalue weighted by Gasteiger charge is -2.21. The first-order chi connectivity index (χ1) is 13.0. The van der Waals surface area contributed by atoms with E-state index in [1.165, 1.54) is 16.0 Å². The molecule has 4 nitrogen and oxygen atoms in total. The standard InChI is InChI=1S/C21H21N3OS2/c1-13-7-4-5-8-15(13)11-24(3)14(2)19-22-20(25)18-16(12-27-21(18)23-19)17-9-6-10-26-17/h4-10,12,14H,11H2,1-3H3,(H,22,23,25)/p+1/t14-/m0/s1. The van der Waals surface area contributed by atoms with Crippen LogP contribution in [0, 0.1) is 6.92 Å². The molecule has 2 atom stereocenters. The zero-order valence-corrected chi connectivity index (χ0v) is 17.2. The predicted octanol–water partition coefficient (Wildman–Crippen LogP) is 3.80. The van der Waals surface area contributed by atoms with Crippen LogP contribution in [0.1, 0.15) is 29.9 Å². The number of quaternary nitrogens is 1. The number of H-pyrrole nitrogens is 1. The number of aromatic amines is 1. The molecule has 0 amide bonds. The van der Waals surface area contributed by atoms with Crippen LogP contribution < -0.4 is 10.5 Å². The van der Waals surface area contributed by atoms with E-state index >= 15 is 0 Å². The molecule has 3 aromatic heterocycles. The summed E-state index contributed by atoms with van der Waals surface area (Å²) in [6, 6.07) is 12.6. The summed E-state index contributed by atoms with van der Waals surface area (Å²) in [6.45, 7) is 5.14. The van der Waals surface area contributed by atoms with Gasteiger partial charge in [-0.15, -0.1) is 22.7 Å². The number of hydrogen-bond acceptors (Lipinski definition) is 4. The second-order valence-corrected chi connectivity index (χ2v) is 8.74. The van der Waals surface area contributed by atoms with Crippen LogP contribution in [0.25, 0.3) is 20.7 Å². The topological polar surface area (TPSA) is 50.2 Å². The lowest BCUT2D eigenvalue weighted by Crippen LogP contribution is -3.07.